The summed E-state index contributed by atoms with van der Waals surface area (Å²) in [6, 6.07) is 2.39. The van der Waals surface area contributed by atoms with Gasteiger partial charge in [-0.1, -0.05) is 20.3 Å². The summed E-state index contributed by atoms with van der Waals surface area (Å²) in [5, 5.41) is 3.03. The van der Waals surface area contributed by atoms with Crippen LogP contribution in [0.25, 0.3) is 0 Å². The van der Waals surface area contributed by atoms with Gasteiger partial charge >= 0.3 is 0 Å². The van der Waals surface area contributed by atoms with Gasteiger partial charge in [0.05, 0.1) is 5.69 Å². The van der Waals surface area contributed by atoms with Crippen LogP contribution in [0.1, 0.15) is 32.3 Å². The molecule has 1 aliphatic rings. The van der Waals surface area contributed by atoms with Crippen LogP contribution in [0.3, 0.4) is 0 Å². The molecule has 0 fully saturated rings. The van der Waals surface area contributed by atoms with E-state index in [1.807, 2.05) is 6.92 Å². The van der Waals surface area contributed by atoms with E-state index in [-0.39, 0.29) is 5.41 Å². The minimum absolute atomic E-state index is 0.132. The fourth-order valence-corrected chi connectivity index (χ4v) is 2.38. The highest BCUT2D eigenvalue weighted by Gasteiger charge is 2.35. The standard InChI is InChI=1S/C12H15F2N/c1-3-4-12(2)7-15-11-9(12)5-8(13)6-10(11)14/h5-6,15H,3-4,7H2,1-2H3. The number of anilines is 1. The number of hydrogen-bond acceptors (Lipinski definition) is 1. The van der Waals surface area contributed by atoms with Crippen molar-refractivity contribution in [1.82, 2.24) is 0 Å². The number of hydrogen-bond donors (Lipinski definition) is 1. The predicted octanol–water partition coefficient (Wildman–Crippen LogP) is 3.45. The van der Waals surface area contributed by atoms with Crippen molar-refractivity contribution < 1.29 is 8.78 Å². The minimum Gasteiger partial charge on any atom is -0.382 e. The Labute approximate surface area is 88.5 Å². The molecule has 3 heteroatoms. The van der Waals surface area contributed by atoms with E-state index in [9.17, 15) is 8.78 Å². The molecule has 0 aromatic heterocycles. The van der Waals surface area contributed by atoms with Crippen LogP contribution in [0.2, 0.25) is 0 Å². The van der Waals surface area contributed by atoms with Gasteiger partial charge in [-0.2, -0.15) is 0 Å². The number of benzene rings is 1. The number of halogens is 2. The van der Waals surface area contributed by atoms with Gasteiger partial charge < -0.3 is 5.32 Å². The Morgan fingerprint density at radius 1 is 1.40 bits per heavy atom. The van der Waals surface area contributed by atoms with Crippen LogP contribution < -0.4 is 5.32 Å². The van der Waals surface area contributed by atoms with Crippen molar-refractivity contribution in [3.8, 4) is 0 Å². The number of nitrogens with one attached hydrogen (secondary N) is 1. The Hall–Kier alpha value is -1.12. The largest absolute Gasteiger partial charge is 0.382 e. The molecule has 1 heterocycles. The van der Waals surface area contributed by atoms with E-state index in [4.69, 9.17) is 0 Å². The van der Waals surface area contributed by atoms with E-state index in [1.54, 1.807) is 0 Å². The summed E-state index contributed by atoms with van der Waals surface area (Å²) in [4.78, 5) is 0. The molecular formula is C12H15F2N. The van der Waals surface area contributed by atoms with Crippen LogP contribution in [0, 0.1) is 11.6 Å². The number of rotatable bonds is 2. The lowest BCUT2D eigenvalue weighted by atomic mass is 9.80. The SMILES string of the molecule is CCCC1(C)CNc2c(F)cc(F)cc21. The first kappa shape index (κ1) is 10.4. The molecule has 0 saturated carbocycles. The van der Waals surface area contributed by atoms with Gasteiger partial charge in [-0.25, -0.2) is 8.78 Å². The zero-order valence-electron chi connectivity index (χ0n) is 9.03. The van der Waals surface area contributed by atoms with E-state index in [2.05, 4.69) is 12.2 Å². The first-order valence-electron chi connectivity index (χ1n) is 5.30. The third-order valence-electron chi connectivity index (χ3n) is 3.16. The summed E-state index contributed by atoms with van der Waals surface area (Å²) < 4.78 is 26.6. The molecule has 0 bridgehead atoms. The van der Waals surface area contributed by atoms with Crippen molar-refractivity contribution in [2.75, 3.05) is 11.9 Å². The summed E-state index contributed by atoms with van der Waals surface area (Å²) in [7, 11) is 0. The summed E-state index contributed by atoms with van der Waals surface area (Å²) in [6.45, 7) is 4.82. The molecule has 0 radical (unpaired) electrons. The highest BCUT2D eigenvalue weighted by Crippen LogP contribution is 2.41. The maximum atomic E-state index is 13.4. The maximum Gasteiger partial charge on any atom is 0.149 e. The van der Waals surface area contributed by atoms with Gasteiger partial charge in [-0.15, -0.1) is 0 Å². The van der Waals surface area contributed by atoms with Gasteiger partial charge in [0.2, 0.25) is 0 Å². The van der Waals surface area contributed by atoms with Crippen molar-refractivity contribution in [2.24, 2.45) is 0 Å². The van der Waals surface area contributed by atoms with E-state index >= 15 is 0 Å². The van der Waals surface area contributed by atoms with Crippen LogP contribution in [0.4, 0.5) is 14.5 Å². The Balaban J connectivity index is 2.50. The molecule has 1 unspecified atom stereocenters. The monoisotopic (exact) mass is 211 g/mol. The smallest absolute Gasteiger partial charge is 0.149 e. The lowest BCUT2D eigenvalue weighted by Crippen LogP contribution is -2.23. The highest BCUT2D eigenvalue weighted by molar-refractivity contribution is 5.61. The molecular weight excluding hydrogens is 196 g/mol. The highest BCUT2D eigenvalue weighted by atomic mass is 19.1. The van der Waals surface area contributed by atoms with Crippen molar-refractivity contribution in [2.45, 2.75) is 32.1 Å². The summed E-state index contributed by atoms with van der Waals surface area (Å²) in [5.41, 5.74) is 1.13. The molecule has 1 nitrogen and oxygen atoms in total. The Morgan fingerprint density at radius 3 is 2.80 bits per heavy atom. The van der Waals surface area contributed by atoms with E-state index in [0.29, 0.717) is 12.2 Å². The van der Waals surface area contributed by atoms with Crippen LogP contribution in [-0.4, -0.2) is 6.54 Å². The second-order valence-corrected chi connectivity index (χ2v) is 4.47. The maximum absolute atomic E-state index is 13.4. The Kier molecular flexibility index (Phi) is 2.41. The topological polar surface area (TPSA) is 12.0 Å². The molecule has 0 saturated heterocycles. The molecule has 2 rings (SSSR count). The zero-order chi connectivity index (χ0) is 11.1. The van der Waals surface area contributed by atoms with Crippen LogP contribution in [0.5, 0.6) is 0 Å². The van der Waals surface area contributed by atoms with E-state index in [0.717, 1.165) is 24.5 Å². The van der Waals surface area contributed by atoms with Crippen LogP contribution >= 0.6 is 0 Å². The minimum atomic E-state index is -0.489. The van der Waals surface area contributed by atoms with E-state index < -0.39 is 11.6 Å². The van der Waals surface area contributed by atoms with Crippen molar-refractivity contribution in [3.05, 3.63) is 29.3 Å². The molecule has 1 aromatic rings. The Bertz CT molecular complexity index is 389. The first-order valence-corrected chi connectivity index (χ1v) is 5.30. The van der Waals surface area contributed by atoms with Crippen molar-refractivity contribution in [3.63, 3.8) is 0 Å². The third-order valence-corrected chi connectivity index (χ3v) is 3.16. The van der Waals surface area contributed by atoms with Gasteiger partial charge in [0.25, 0.3) is 0 Å². The Morgan fingerprint density at radius 2 is 2.13 bits per heavy atom. The zero-order valence-corrected chi connectivity index (χ0v) is 9.03. The van der Waals surface area contributed by atoms with Crippen LogP contribution in [-0.2, 0) is 5.41 Å². The molecule has 1 aliphatic heterocycles. The van der Waals surface area contributed by atoms with Gasteiger partial charge in [0.15, 0.2) is 0 Å². The second kappa shape index (κ2) is 3.47. The number of fused-ring (bicyclic) bond motifs is 1. The average molecular weight is 211 g/mol. The third kappa shape index (κ3) is 1.60. The lowest BCUT2D eigenvalue weighted by Gasteiger charge is -2.23. The van der Waals surface area contributed by atoms with Gasteiger partial charge in [-0.3, -0.25) is 0 Å². The molecule has 1 aromatic carbocycles. The fraction of sp³-hybridized carbons (Fsp3) is 0.500. The first-order chi connectivity index (χ1) is 7.07. The van der Waals surface area contributed by atoms with Crippen LogP contribution in [0.15, 0.2) is 12.1 Å². The molecule has 82 valence electrons. The summed E-state index contributed by atoms with van der Waals surface area (Å²) in [5.74, 6) is -0.970. The van der Waals surface area contributed by atoms with Crippen molar-refractivity contribution in [1.29, 1.82) is 0 Å². The molecule has 0 spiro atoms. The summed E-state index contributed by atoms with van der Waals surface area (Å²) >= 11 is 0. The predicted molar refractivity (Wildman–Crippen MR) is 57.1 cm³/mol. The molecule has 1 N–H and O–H groups in total. The quantitative estimate of drug-likeness (QED) is 0.790. The molecule has 0 aliphatic carbocycles. The lowest BCUT2D eigenvalue weighted by molar-refractivity contribution is 0.467. The molecule has 0 amide bonds. The average Bonchev–Trinajstić information content (AvgIpc) is 2.45. The van der Waals surface area contributed by atoms with Gasteiger partial charge in [0.1, 0.15) is 11.6 Å². The second-order valence-electron chi connectivity index (χ2n) is 4.47. The molecule has 1 atom stereocenters. The molecule has 15 heavy (non-hydrogen) atoms. The normalized spacial score (nSPS) is 23.7. The van der Waals surface area contributed by atoms with E-state index in [1.165, 1.54) is 6.07 Å². The van der Waals surface area contributed by atoms with Gasteiger partial charge in [0, 0.05) is 18.0 Å². The van der Waals surface area contributed by atoms with Crippen molar-refractivity contribution >= 4 is 5.69 Å². The fourth-order valence-electron chi connectivity index (χ4n) is 2.38. The van der Waals surface area contributed by atoms with Gasteiger partial charge in [-0.05, 0) is 18.1 Å². The summed E-state index contributed by atoms with van der Waals surface area (Å²) in [6.07, 6.45) is 1.95.